The molecule has 4 nitrogen and oxygen atoms in total. The first-order valence-corrected chi connectivity index (χ1v) is 6.98. The van der Waals surface area contributed by atoms with E-state index in [0.717, 1.165) is 30.8 Å². The van der Waals surface area contributed by atoms with Crippen LogP contribution in [0.3, 0.4) is 0 Å². The molecule has 2 heterocycles. The first-order valence-electron chi connectivity index (χ1n) is 6.98. The SMILES string of the molecule is CCC(C)n1ccc(CNC(C)Cc2ccco2)n1. The molecule has 0 aliphatic rings. The largest absolute Gasteiger partial charge is 0.469 e. The second kappa shape index (κ2) is 6.57. The average molecular weight is 261 g/mol. The van der Waals surface area contributed by atoms with Crippen molar-refractivity contribution in [3.8, 4) is 0 Å². The molecule has 0 saturated carbocycles. The molecule has 0 amide bonds. The summed E-state index contributed by atoms with van der Waals surface area (Å²) in [6.45, 7) is 7.32. The van der Waals surface area contributed by atoms with Gasteiger partial charge >= 0.3 is 0 Å². The predicted octanol–water partition coefficient (Wildman–Crippen LogP) is 3.17. The zero-order chi connectivity index (χ0) is 13.7. The fourth-order valence-electron chi connectivity index (χ4n) is 1.99. The van der Waals surface area contributed by atoms with Gasteiger partial charge in [-0.25, -0.2) is 0 Å². The van der Waals surface area contributed by atoms with Crippen LogP contribution in [0.4, 0.5) is 0 Å². The van der Waals surface area contributed by atoms with E-state index >= 15 is 0 Å². The van der Waals surface area contributed by atoms with E-state index in [1.54, 1.807) is 6.26 Å². The highest BCUT2D eigenvalue weighted by atomic mass is 16.3. The number of furan rings is 1. The van der Waals surface area contributed by atoms with Gasteiger partial charge in [0.15, 0.2) is 0 Å². The molecule has 0 bridgehead atoms. The van der Waals surface area contributed by atoms with Crippen molar-refractivity contribution >= 4 is 0 Å². The molecule has 2 aromatic rings. The van der Waals surface area contributed by atoms with Crippen molar-refractivity contribution in [3.05, 3.63) is 42.1 Å². The van der Waals surface area contributed by atoms with Crippen LogP contribution in [0.25, 0.3) is 0 Å². The van der Waals surface area contributed by atoms with Crippen LogP contribution in [0.15, 0.2) is 35.1 Å². The van der Waals surface area contributed by atoms with Gasteiger partial charge in [0, 0.05) is 31.2 Å². The van der Waals surface area contributed by atoms with E-state index in [0.29, 0.717) is 12.1 Å². The first-order chi connectivity index (χ1) is 9.19. The molecular formula is C15H23N3O. The van der Waals surface area contributed by atoms with Crippen molar-refractivity contribution in [3.63, 3.8) is 0 Å². The van der Waals surface area contributed by atoms with Crippen LogP contribution in [0, 0.1) is 0 Å². The third-order valence-corrected chi connectivity index (χ3v) is 3.43. The van der Waals surface area contributed by atoms with Gasteiger partial charge in [-0.3, -0.25) is 4.68 Å². The van der Waals surface area contributed by atoms with Crippen LogP contribution >= 0.6 is 0 Å². The Morgan fingerprint density at radius 2 is 2.21 bits per heavy atom. The van der Waals surface area contributed by atoms with Crippen LogP contribution in [-0.4, -0.2) is 15.8 Å². The Morgan fingerprint density at radius 1 is 1.37 bits per heavy atom. The fourth-order valence-corrected chi connectivity index (χ4v) is 1.99. The van der Waals surface area contributed by atoms with E-state index in [1.165, 1.54) is 0 Å². The summed E-state index contributed by atoms with van der Waals surface area (Å²) in [7, 11) is 0. The third-order valence-electron chi connectivity index (χ3n) is 3.43. The molecule has 4 heteroatoms. The normalized spacial score (nSPS) is 14.5. The van der Waals surface area contributed by atoms with Crippen molar-refractivity contribution in [2.24, 2.45) is 0 Å². The Bertz CT molecular complexity index is 475. The second-order valence-corrected chi connectivity index (χ2v) is 5.11. The second-order valence-electron chi connectivity index (χ2n) is 5.11. The maximum atomic E-state index is 5.35. The zero-order valence-corrected chi connectivity index (χ0v) is 12.0. The highest BCUT2D eigenvalue weighted by molar-refractivity contribution is 5.02. The van der Waals surface area contributed by atoms with Gasteiger partial charge in [-0.05, 0) is 38.5 Å². The van der Waals surface area contributed by atoms with Gasteiger partial charge < -0.3 is 9.73 Å². The Kier molecular flexibility index (Phi) is 4.80. The quantitative estimate of drug-likeness (QED) is 0.832. The van der Waals surface area contributed by atoms with Gasteiger partial charge in [-0.2, -0.15) is 5.10 Å². The smallest absolute Gasteiger partial charge is 0.105 e. The Morgan fingerprint density at radius 3 is 2.89 bits per heavy atom. The lowest BCUT2D eigenvalue weighted by Gasteiger charge is -2.11. The van der Waals surface area contributed by atoms with Gasteiger partial charge in [0.05, 0.1) is 12.0 Å². The number of nitrogens with zero attached hydrogens (tertiary/aromatic N) is 2. The summed E-state index contributed by atoms with van der Waals surface area (Å²) >= 11 is 0. The van der Waals surface area contributed by atoms with Gasteiger partial charge in [-0.1, -0.05) is 6.92 Å². The maximum Gasteiger partial charge on any atom is 0.105 e. The molecule has 0 radical (unpaired) electrons. The van der Waals surface area contributed by atoms with E-state index in [1.807, 2.05) is 16.8 Å². The Labute approximate surface area is 114 Å². The van der Waals surface area contributed by atoms with Crippen molar-refractivity contribution in [1.82, 2.24) is 15.1 Å². The number of nitrogens with one attached hydrogen (secondary N) is 1. The number of hydrogen-bond donors (Lipinski definition) is 1. The zero-order valence-electron chi connectivity index (χ0n) is 12.0. The molecule has 104 valence electrons. The van der Waals surface area contributed by atoms with Crippen LogP contribution < -0.4 is 5.32 Å². The summed E-state index contributed by atoms with van der Waals surface area (Å²) in [6.07, 6.45) is 5.78. The lowest BCUT2D eigenvalue weighted by molar-refractivity contribution is 0.447. The minimum Gasteiger partial charge on any atom is -0.469 e. The summed E-state index contributed by atoms with van der Waals surface area (Å²) in [6, 6.07) is 6.86. The highest BCUT2D eigenvalue weighted by Gasteiger charge is 2.08. The first kappa shape index (κ1) is 13.9. The topological polar surface area (TPSA) is 43.0 Å². The van der Waals surface area contributed by atoms with E-state index in [-0.39, 0.29) is 0 Å². The molecule has 19 heavy (non-hydrogen) atoms. The van der Waals surface area contributed by atoms with Crippen LogP contribution in [0.5, 0.6) is 0 Å². The summed E-state index contributed by atoms with van der Waals surface area (Å²) < 4.78 is 7.38. The summed E-state index contributed by atoms with van der Waals surface area (Å²) in [4.78, 5) is 0. The van der Waals surface area contributed by atoms with Crippen LogP contribution in [0.2, 0.25) is 0 Å². The molecule has 0 aliphatic heterocycles. The van der Waals surface area contributed by atoms with Crippen molar-refractivity contribution in [2.75, 3.05) is 0 Å². The molecule has 2 atom stereocenters. The van der Waals surface area contributed by atoms with Crippen LogP contribution in [-0.2, 0) is 13.0 Å². The molecule has 0 saturated heterocycles. The highest BCUT2D eigenvalue weighted by Crippen LogP contribution is 2.09. The van der Waals surface area contributed by atoms with Gasteiger partial charge in [-0.15, -0.1) is 0 Å². The minimum absolute atomic E-state index is 0.375. The summed E-state index contributed by atoms with van der Waals surface area (Å²) in [5.74, 6) is 1.02. The molecule has 1 N–H and O–H groups in total. The van der Waals surface area contributed by atoms with Gasteiger partial charge in [0.25, 0.3) is 0 Å². The number of hydrogen-bond acceptors (Lipinski definition) is 3. The summed E-state index contributed by atoms with van der Waals surface area (Å²) in [5.41, 5.74) is 1.09. The Balaban J connectivity index is 1.80. The molecule has 0 spiro atoms. The van der Waals surface area contributed by atoms with E-state index < -0.39 is 0 Å². The van der Waals surface area contributed by atoms with E-state index in [4.69, 9.17) is 4.42 Å². The molecular weight excluding hydrogens is 238 g/mol. The van der Waals surface area contributed by atoms with Crippen molar-refractivity contribution in [2.45, 2.75) is 52.2 Å². The van der Waals surface area contributed by atoms with E-state index in [2.05, 4.69) is 43.4 Å². The number of aromatic nitrogens is 2. The molecule has 0 aromatic carbocycles. The van der Waals surface area contributed by atoms with Crippen LogP contribution in [0.1, 0.15) is 44.7 Å². The van der Waals surface area contributed by atoms with Gasteiger partial charge in [0.2, 0.25) is 0 Å². The fraction of sp³-hybridized carbons (Fsp3) is 0.533. The molecule has 2 unspecified atom stereocenters. The van der Waals surface area contributed by atoms with Crippen molar-refractivity contribution in [1.29, 1.82) is 0 Å². The monoisotopic (exact) mass is 261 g/mol. The summed E-state index contributed by atoms with van der Waals surface area (Å²) in [5, 5.41) is 8.05. The van der Waals surface area contributed by atoms with E-state index in [9.17, 15) is 0 Å². The number of rotatable bonds is 7. The average Bonchev–Trinajstić information content (AvgIpc) is 3.06. The molecule has 2 rings (SSSR count). The minimum atomic E-state index is 0.375. The third kappa shape index (κ3) is 3.96. The standard InChI is InChI=1S/C15H23N3O/c1-4-13(3)18-8-7-14(17-18)11-16-12(2)10-15-6-5-9-19-15/h5-9,12-13,16H,4,10-11H2,1-3H3. The van der Waals surface area contributed by atoms with Gasteiger partial charge in [0.1, 0.15) is 5.76 Å². The van der Waals surface area contributed by atoms with Crippen molar-refractivity contribution < 1.29 is 4.42 Å². The lowest BCUT2D eigenvalue weighted by atomic mass is 10.2. The lowest BCUT2D eigenvalue weighted by Crippen LogP contribution is -2.27. The Hall–Kier alpha value is -1.55. The molecule has 0 aliphatic carbocycles. The molecule has 0 fully saturated rings. The predicted molar refractivity (Wildman–Crippen MR) is 75.9 cm³/mol. The maximum absolute atomic E-state index is 5.35. The molecule has 2 aromatic heterocycles.